The van der Waals surface area contributed by atoms with Gasteiger partial charge >= 0.3 is 11.8 Å². The van der Waals surface area contributed by atoms with Crippen molar-refractivity contribution in [2.24, 2.45) is 5.10 Å². The van der Waals surface area contributed by atoms with Crippen molar-refractivity contribution in [3.63, 3.8) is 0 Å². The largest absolute Gasteiger partial charge is 0.493 e. The third kappa shape index (κ3) is 7.78. The molecule has 0 fully saturated rings. The molecule has 0 radical (unpaired) electrons. The number of amides is 3. The van der Waals surface area contributed by atoms with Gasteiger partial charge in [-0.15, -0.1) is 0 Å². The van der Waals surface area contributed by atoms with E-state index in [1.54, 1.807) is 18.2 Å². The van der Waals surface area contributed by atoms with E-state index in [9.17, 15) is 14.4 Å². The van der Waals surface area contributed by atoms with E-state index in [-0.39, 0.29) is 12.5 Å². The van der Waals surface area contributed by atoms with Crippen molar-refractivity contribution < 1.29 is 23.9 Å². The van der Waals surface area contributed by atoms with Crippen molar-refractivity contribution in [3.8, 4) is 11.5 Å². The molecule has 0 heterocycles. The summed E-state index contributed by atoms with van der Waals surface area (Å²) in [4.78, 5) is 36.8. The van der Waals surface area contributed by atoms with Gasteiger partial charge < -0.3 is 20.1 Å². The predicted molar refractivity (Wildman–Crippen MR) is 159 cm³/mol. The third-order valence-corrected chi connectivity index (χ3v) is 7.04. The second-order valence-electron chi connectivity index (χ2n) is 8.25. The molecule has 11 heteroatoms. The summed E-state index contributed by atoms with van der Waals surface area (Å²) in [6.07, 6.45) is 1.38. The first-order chi connectivity index (χ1) is 18.1. The molecule has 3 aromatic rings. The van der Waals surface area contributed by atoms with Crippen LogP contribution < -0.4 is 25.5 Å². The smallest absolute Gasteiger partial charge is 0.329 e. The molecule has 0 unspecified atom stereocenters. The number of methoxy groups -OCH3 is 1. The molecule has 0 aromatic heterocycles. The van der Waals surface area contributed by atoms with E-state index in [1.807, 2.05) is 51.1 Å². The van der Waals surface area contributed by atoms with Gasteiger partial charge in [0.15, 0.2) is 18.1 Å². The lowest BCUT2D eigenvalue weighted by Gasteiger charge is -2.14. The second kappa shape index (κ2) is 13.4. The predicted octanol–water partition coefficient (Wildman–Crippen LogP) is 5.09. The average Bonchev–Trinajstić information content (AvgIpc) is 2.87. The van der Waals surface area contributed by atoms with E-state index >= 15 is 0 Å². The molecular formula is C27H26BrIN4O5. The van der Waals surface area contributed by atoms with Gasteiger partial charge in [-0.2, -0.15) is 5.10 Å². The Hall–Kier alpha value is -3.45. The number of halogens is 2. The Kier molecular flexibility index (Phi) is 10.2. The summed E-state index contributed by atoms with van der Waals surface area (Å²) in [5.74, 6) is -1.28. The molecule has 0 aliphatic carbocycles. The molecule has 0 saturated heterocycles. The van der Waals surface area contributed by atoms with Crippen LogP contribution in [0.2, 0.25) is 0 Å². The number of hydrogen-bond acceptors (Lipinski definition) is 6. The van der Waals surface area contributed by atoms with Crippen LogP contribution in [0.25, 0.3) is 0 Å². The lowest BCUT2D eigenvalue weighted by molar-refractivity contribution is -0.136. The van der Waals surface area contributed by atoms with Gasteiger partial charge in [-0.3, -0.25) is 14.4 Å². The fraction of sp³-hybridized carbons (Fsp3) is 0.185. The molecule has 0 atom stereocenters. The van der Waals surface area contributed by atoms with E-state index in [2.05, 4.69) is 59.7 Å². The topological polar surface area (TPSA) is 118 Å². The molecule has 0 aliphatic heterocycles. The van der Waals surface area contributed by atoms with Crippen LogP contribution in [-0.4, -0.2) is 37.7 Å². The zero-order valence-corrected chi connectivity index (χ0v) is 24.9. The number of ether oxygens (including phenoxy) is 2. The maximum absolute atomic E-state index is 12.4. The van der Waals surface area contributed by atoms with Gasteiger partial charge in [0.25, 0.3) is 5.91 Å². The highest BCUT2D eigenvalue weighted by Crippen LogP contribution is 2.33. The van der Waals surface area contributed by atoms with Gasteiger partial charge in [0.1, 0.15) is 0 Å². The monoisotopic (exact) mass is 692 g/mol. The van der Waals surface area contributed by atoms with Gasteiger partial charge in [0.05, 0.1) is 16.9 Å². The molecule has 198 valence electrons. The molecule has 3 aromatic carbocycles. The van der Waals surface area contributed by atoms with Crippen molar-refractivity contribution in [1.82, 2.24) is 5.43 Å². The summed E-state index contributed by atoms with van der Waals surface area (Å²) in [6, 6.07) is 14.4. The Morgan fingerprint density at radius 2 is 1.68 bits per heavy atom. The van der Waals surface area contributed by atoms with E-state index in [4.69, 9.17) is 9.47 Å². The summed E-state index contributed by atoms with van der Waals surface area (Å²) >= 11 is 5.48. The Bertz CT molecular complexity index is 1390. The molecule has 38 heavy (non-hydrogen) atoms. The molecule has 0 spiro atoms. The maximum Gasteiger partial charge on any atom is 0.329 e. The number of carbonyl (C=O) groups excluding carboxylic acids is 3. The standard InChI is InChI=1S/C27H26BrIN4O5/c1-15-6-5-7-16(2)24(15)32-26(35)27(36)33-30-13-18-11-21(29)25(22(12-18)37-4)38-14-23(34)31-19-8-9-20(28)17(3)10-19/h5-13H,14H2,1-4H3,(H,31,34)(H,32,35)(H,33,36)/b30-13-. The van der Waals surface area contributed by atoms with Gasteiger partial charge in [-0.1, -0.05) is 34.1 Å². The first kappa shape index (κ1) is 29.1. The summed E-state index contributed by atoms with van der Waals surface area (Å²) in [5, 5.41) is 9.28. The Morgan fingerprint density at radius 3 is 2.34 bits per heavy atom. The molecular weight excluding hydrogens is 667 g/mol. The van der Waals surface area contributed by atoms with Crippen LogP contribution in [0.5, 0.6) is 11.5 Å². The minimum atomic E-state index is -0.905. The lowest BCUT2D eigenvalue weighted by Crippen LogP contribution is -2.32. The normalized spacial score (nSPS) is 10.7. The van der Waals surface area contributed by atoms with Crippen LogP contribution in [0.4, 0.5) is 11.4 Å². The minimum absolute atomic E-state index is 0.222. The molecule has 3 N–H and O–H groups in total. The number of hydrogen-bond donors (Lipinski definition) is 3. The van der Waals surface area contributed by atoms with E-state index in [0.717, 1.165) is 21.2 Å². The Balaban J connectivity index is 1.60. The number of aryl methyl sites for hydroxylation is 3. The van der Waals surface area contributed by atoms with Crippen LogP contribution in [-0.2, 0) is 14.4 Å². The number of nitrogens with zero attached hydrogens (tertiary/aromatic N) is 1. The van der Waals surface area contributed by atoms with Crippen LogP contribution in [0, 0.1) is 24.3 Å². The summed E-state index contributed by atoms with van der Waals surface area (Å²) in [7, 11) is 1.48. The molecule has 0 bridgehead atoms. The van der Waals surface area contributed by atoms with Crippen molar-refractivity contribution in [1.29, 1.82) is 0 Å². The fourth-order valence-electron chi connectivity index (χ4n) is 3.41. The van der Waals surface area contributed by atoms with Gasteiger partial charge in [0.2, 0.25) is 0 Å². The Morgan fingerprint density at radius 1 is 0.974 bits per heavy atom. The molecule has 3 amide bonds. The lowest BCUT2D eigenvalue weighted by atomic mass is 10.1. The first-order valence-corrected chi connectivity index (χ1v) is 13.2. The third-order valence-electron chi connectivity index (χ3n) is 5.35. The number of hydrazone groups is 1. The van der Waals surface area contributed by atoms with Crippen LogP contribution in [0.15, 0.2) is 58.1 Å². The highest BCUT2D eigenvalue weighted by Gasteiger charge is 2.16. The van der Waals surface area contributed by atoms with Crippen LogP contribution >= 0.6 is 38.5 Å². The molecule has 9 nitrogen and oxygen atoms in total. The number of rotatable bonds is 8. The fourth-order valence-corrected chi connectivity index (χ4v) is 4.44. The van der Waals surface area contributed by atoms with Gasteiger partial charge in [-0.25, -0.2) is 5.43 Å². The van der Waals surface area contributed by atoms with E-state index in [0.29, 0.717) is 32.0 Å². The van der Waals surface area contributed by atoms with E-state index in [1.165, 1.54) is 13.3 Å². The van der Waals surface area contributed by atoms with Crippen molar-refractivity contribution in [3.05, 3.63) is 78.8 Å². The molecule has 3 rings (SSSR count). The Labute approximate surface area is 242 Å². The van der Waals surface area contributed by atoms with Crippen molar-refractivity contribution in [2.75, 3.05) is 24.4 Å². The average molecular weight is 693 g/mol. The molecule has 0 saturated carbocycles. The number of nitrogens with one attached hydrogen (secondary N) is 3. The second-order valence-corrected chi connectivity index (χ2v) is 10.3. The van der Waals surface area contributed by atoms with Crippen LogP contribution in [0.3, 0.4) is 0 Å². The van der Waals surface area contributed by atoms with Crippen molar-refractivity contribution in [2.45, 2.75) is 20.8 Å². The number of carbonyl (C=O) groups is 3. The van der Waals surface area contributed by atoms with Gasteiger partial charge in [-0.05, 0) is 95.9 Å². The van der Waals surface area contributed by atoms with Crippen LogP contribution in [0.1, 0.15) is 22.3 Å². The summed E-state index contributed by atoms with van der Waals surface area (Å²) in [5.41, 5.74) is 6.75. The zero-order valence-electron chi connectivity index (χ0n) is 21.1. The highest BCUT2D eigenvalue weighted by atomic mass is 127. The number of anilines is 2. The molecule has 0 aliphatic rings. The van der Waals surface area contributed by atoms with Crippen molar-refractivity contribution >= 4 is 73.8 Å². The first-order valence-electron chi connectivity index (χ1n) is 11.4. The quantitative estimate of drug-likeness (QED) is 0.132. The SMILES string of the molecule is COc1cc(/C=N\NC(=O)C(=O)Nc2c(C)cccc2C)cc(I)c1OCC(=O)Nc1ccc(Br)c(C)c1. The van der Waals surface area contributed by atoms with Gasteiger partial charge in [0, 0.05) is 15.8 Å². The number of benzene rings is 3. The maximum atomic E-state index is 12.4. The number of para-hydroxylation sites is 1. The highest BCUT2D eigenvalue weighted by molar-refractivity contribution is 14.1. The van der Waals surface area contributed by atoms with E-state index < -0.39 is 11.8 Å². The minimum Gasteiger partial charge on any atom is -0.493 e. The summed E-state index contributed by atoms with van der Waals surface area (Å²) < 4.78 is 12.8. The summed E-state index contributed by atoms with van der Waals surface area (Å²) in [6.45, 7) is 5.40. The zero-order chi connectivity index (χ0) is 27.8.